The Balaban J connectivity index is 2.05. The number of nitrogens with one attached hydrogen (secondary N) is 1. The number of halogens is 1. The van der Waals surface area contributed by atoms with Gasteiger partial charge in [0.15, 0.2) is 0 Å². The van der Waals surface area contributed by atoms with Crippen molar-refractivity contribution in [3.63, 3.8) is 0 Å². The molecule has 3 N–H and O–H groups in total. The number of rotatable bonds is 3. The van der Waals surface area contributed by atoms with Crippen LogP contribution >= 0.6 is 0 Å². The molecule has 1 aliphatic rings. The molecule has 20 heavy (non-hydrogen) atoms. The van der Waals surface area contributed by atoms with Crippen molar-refractivity contribution in [2.24, 2.45) is 11.7 Å². The first-order valence-corrected chi connectivity index (χ1v) is 6.97. The Kier molecular flexibility index (Phi) is 5.14. The molecule has 0 bridgehead atoms. The Labute approximate surface area is 118 Å². The monoisotopic (exact) mass is 274 g/mol. The van der Waals surface area contributed by atoms with Gasteiger partial charge < -0.3 is 11.1 Å². The number of carbonyl (C=O) groups is 1. The lowest BCUT2D eigenvalue weighted by atomic mass is 10.0. The van der Waals surface area contributed by atoms with E-state index in [1.165, 1.54) is 25.0 Å². The molecule has 0 spiro atoms. The first-order valence-electron chi connectivity index (χ1n) is 6.97. The van der Waals surface area contributed by atoms with Crippen molar-refractivity contribution >= 4 is 11.6 Å². The van der Waals surface area contributed by atoms with Crippen molar-refractivity contribution in [1.82, 2.24) is 0 Å². The van der Waals surface area contributed by atoms with Crippen molar-refractivity contribution in [2.45, 2.75) is 32.1 Å². The van der Waals surface area contributed by atoms with Crippen LogP contribution in [-0.2, 0) is 4.79 Å². The van der Waals surface area contributed by atoms with E-state index in [4.69, 9.17) is 5.73 Å². The van der Waals surface area contributed by atoms with Gasteiger partial charge >= 0.3 is 0 Å². The number of anilines is 1. The summed E-state index contributed by atoms with van der Waals surface area (Å²) >= 11 is 0. The molecule has 0 saturated heterocycles. The molecule has 0 heterocycles. The van der Waals surface area contributed by atoms with E-state index in [2.05, 4.69) is 17.2 Å². The lowest BCUT2D eigenvalue weighted by Gasteiger charge is -2.11. The maximum Gasteiger partial charge on any atom is 0.224 e. The maximum atomic E-state index is 13.2. The highest BCUT2D eigenvalue weighted by molar-refractivity contribution is 5.92. The fraction of sp³-hybridized carbons (Fsp3) is 0.438. The van der Waals surface area contributed by atoms with Crippen LogP contribution in [0.25, 0.3) is 0 Å². The Morgan fingerprint density at radius 2 is 2.15 bits per heavy atom. The largest absolute Gasteiger partial charge is 0.325 e. The zero-order chi connectivity index (χ0) is 14.4. The van der Waals surface area contributed by atoms with Gasteiger partial charge in [-0.2, -0.15) is 0 Å². The summed E-state index contributed by atoms with van der Waals surface area (Å²) in [5.74, 6) is 5.54. The minimum absolute atomic E-state index is 0.0284. The predicted octanol–water partition coefficient (Wildman–Crippen LogP) is 2.65. The zero-order valence-corrected chi connectivity index (χ0v) is 11.4. The topological polar surface area (TPSA) is 55.1 Å². The standard InChI is InChI=1S/C16H19FN2O/c17-14-7-8-15(13(11-14)6-3-9-18)19-16(20)10-12-4-1-2-5-12/h7-8,11-12H,1-2,4-5,9-10,18H2,(H,19,20). The molecule has 4 heteroatoms. The van der Waals surface area contributed by atoms with E-state index in [9.17, 15) is 9.18 Å². The summed E-state index contributed by atoms with van der Waals surface area (Å²) in [5, 5.41) is 2.82. The second-order valence-electron chi connectivity index (χ2n) is 5.10. The normalized spacial score (nSPS) is 14.7. The van der Waals surface area contributed by atoms with Gasteiger partial charge in [-0.25, -0.2) is 4.39 Å². The Morgan fingerprint density at radius 3 is 2.85 bits per heavy atom. The second-order valence-corrected chi connectivity index (χ2v) is 5.10. The molecule has 1 amide bonds. The first kappa shape index (κ1) is 14.5. The molecule has 0 aliphatic heterocycles. The van der Waals surface area contributed by atoms with Crippen LogP contribution in [0.2, 0.25) is 0 Å². The van der Waals surface area contributed by atoms with Crippen LogP contribution in [0.5, 0.6) is 0 Å². The highest BCUT2D eigenvalue weighted by Crippen LogP contribution is 2.28. The van der Waals surface area contributed by atoms with Crippen LogP contribution in [0, 0.1) is 23.6 Å². The van der Waals surface area contributed by atoms with Gasteiger partial charge in [0.05, 0.1) is 17.8 Å². The third kappa shape index (κ3) is 4.07. The first-order chi connectivity index (χ1) is 9.69. The molecule has 1 saturated carbocycles. The molecule has 0 aromatic heterocycles. The Hall–Kier alpha value is -1.86. The summed E-state index contributed by atoms with van der Waals surface area (Å²) < 4.78 is 13.2. The van der Waals surface area contributed by atoms with Crippen LogP contribution in [0.4, 0.5) is 10.1 Å². The van der Waals surface area contributed by atoms with Gasteiger partial charge in [-0.1, -0.05) is 24.7 Å². The quantitative estimate of drug-likeness (QED) is 0.833. The molecule has 3 nitrogen and oxygen atoms in total. The molecular formula is C16H19FN2O. The van der Waals surface area contributed by atoms with E-state index in [1.807, 2.05) is 0 Å². The average Bonchev–Trinajstić information content (AvgIpc) is 2.91. The van der Waals surface area contributed by atoms with Crippen molar-refractivity contribution in [1.29, 1.82) is 0 Å². The van der Waals surface area contributed by atoms with Gasteiger partial charge in [-0.05, 0) is 37.0 Å². The van der Waals surface area contributed by atoms with Crippen molar-refractivity contribution in [3.05, 3.63) is 29.6 Å². The predicted molar refractivity (Wildman–Crippen MR) is 77.5 cm³/mol. The van der Waals surface area contributed by atoms with E-state index in [-0.39, 0.29) is 18.3 Å². The summed E-state index contributed by atoms with van der Waals surface area (Å²) in [4.78, 5) is 12.0. The van der Waals surface area contributed by atoms with Crippen molar-refractivity contribution in [2.75, 3.05) is 11.9 Å². The highest BCUT2D eigenvalue weighted by Gasteiger charge is 2.18. The van der Waals surface area contributed by atoms with E-state index in [0.29, 0.717) is 23.6 Å². The van der Waals surface area contributed by atoms with E-state index in [0.717, 1.165) is 12.8 Å². The number of hydrogen-bond acceptors (Lipinski definition) is 2. The molecule has 1 aliphatic carbocycles. The molecule has 0 atom stereocenters. The fourth-order valence-corrected chi connectivity index (χ4v) is 2.55. The number of hydrogen-bond donors (Lipinski definition) is 2. The van der Waals surface area contributed by atoms with Gasteiger partial charge in [0.25, 0.3) is 0 Å². The molecular weight excluding hydrogens is 255 g/mol. The Morgan fingerprint density at radius 1 is 1.40 bits per heavy atom. The van der Waals surface area contributed by atoms with Crippen LogP contribution in [0.3, 0.4) is 0 Å². The lowest BCUT2D eigenvalue weighted by molar-refractivity contribution is -0.117. The average molecular weight is 274 g/mol. The smallest absolute Gasteiger partial charge is 0.224 e. The van der Waals surface area contributed by atoms with Crippen LogP contribution in [-0.4, -0.2) is 12.5 Å². The van der Waals surface area contributed by atoms with E-state index in [1.54, 1.807) is 6.07 Å². The zero-order valence-electron chi connectivity index (χ0n) is 11.4. The summed E-state index contributed by atoms with van der Waals surface area (Å²) in [6.07, 6.45) is 5.19. The van der Waals surface area contributed by atoms with Crippen LogP contribution in [0.15, 0.2) is 18.2 Å². The molecule has 106 valence electrons. The molecule has 0 unspecified atom stereocenters. The number of nitrogens with two attached hydrogens (primary N) is 1. The summed E-state index contributed by atoms with van der Waals surface area (Å²) in [5.41, 5.74) is 6.34. The van der Waals surface area contributed by atoms with E-state index >= 15 is 0 Å². The number of amides is 1. The van der Waals surface area contributed by atoms with Crippen LogP contribution in [0.1, 0.15) is 37.7 Å². The third-order valence-electron chi connectivity index (χ3n) is 3.53. The van der Waals surface area contributed by atoms with Gasteiger partial charge in [0, 0.05) is 6.42 Å². The maximum absolute atomic E-state index is 13.2. The molecule has 2 rings (SSSR count). The molecule has 1 fully saturated rings. The summed E-state index contributed by atoms with van der Waals surface area (Å²) in [7, 11) is 0. The van der Waals surface area contributed by atoms with Gasteiger partial charge in [-0.15, -0.1) is 0 Å². The van der Waals surface area contributed by atoms with Crippen LogP contribution < -0.4 is 11.1 Å². The van der Waals surface area contributed by atoms with Gasteiger partial charge in [0.2, 0.25) is 5.91 Å². The molecule has 1 aromatic rings. The minimum Gasteiger partial charge on any atom is -0.325 e. The molecule has 0 radical (unpaired) electrons. The van der Waals surface area contributed by atoms with Crippen molar-refractivity contribution < 1.29 is 9.18 Å². The SMILES string of the molecule is NCC#Cc1cc(F)ccc1NC(=O)CC1CCCC1. The molecule has 1 aromatic carbocycles. The minimum atomic E-state index is -0.375. The van der Waals surface area contributed by atoms with Gasteiger partial charge in [-0.3, -0.25) is 4.79 Å². The lowest BCUT2D eigenvalue weighted by Crippen LogP contribution is -2.16. The summed E-state index contributed by atoms with van der Waals surface area (Å²) in [6.45, 7) is 0.200. The van der Waals surface area contributed by atoms with Gasteiger partial charge in [0.1, 0.15) is 5.82 Å². The second kappa shape index (κ2) is 7.06. The van der Waals surface area contributed by atoms with E-state index < -0.39 is 0 Å². The summed E-state index contributed by atoms with van der Waals surface area (Å²) in [6, 6.07) is 4.18. The number of carbonyl (C=O) groups excluding carboxylic acids is 1. The highest BCUT2D eigenvalue weighted by atomic mass is 19.1. The third-order valence-corrected chi connectivity index (χ3v) is 3.53. The Bertz CT molecular complexity index is 539. The number of benzene rings is 1. The van der Waals surface area contributed by atoms with Crippen molar-refractivity contribution in [3.8, 4) is 11.8 Å². The fourth-order valence-electron chi connectivity index (χ4n) is 2.55.